The number of halogens is 1. The Balaban J connectivity index is 2.82. The van der Waals surface area contributed by atoms with Crippen molar-refractivity contribution in [2.75, 3.05) is 19.0 Å². The van der Waals surface area contributed by atoms with Crippen LogP contribution < -0.4 is 21.3 Å². The first-order valence-electron chi connectivity index (χ1n) is 4.83. The minimum Gasteiger partial charge on any atom is -0.496 e. The van der Waals surface area contributed by atoms with Crippen LogP contribution in [-0.4, -0.2) is 19.6 Å². The van der Waals surface area contributed by atoms with E-state index in [1.54, 1.807) is 7.11 Å². The van der Waals surface area contributed by atoms with Gasteiger partial charge in [-0.2, -0.15) is 0 Å². The van der Waals surface area contributed by atoms with E-state index in [2.05, 4.69) is 31.7 Å². The van der Waals surface area contributed by atoms with Crippen LogP contribution in [0.2, 0.25) is 0 Å². The number of methoxy groups -OCH3 is 1. The van der Waals surface area contributed by atoms with E-state index in [0.717, 1.165) is 15.9 Å². The molecule has 0 radical (unpaired) electrons. The van der Waals surface area contributed by atoms with Crippen molar-refractivity contribution in [1.82, 2.24) is 5.43 Å². The number of hydrogen-bond donors (Lipinski definition) is 3. The molecule has 0 bridgehead atoms. The summed E-state index contributed by atoms with van der Waals surface area (Å²) in [4.78, 5) is 4.13. The minimum atomic E-state index is 0.527. The van der Waals surface area contributed by atoms with Gasteiger partial charge in [0, 0.05) is 12.2 Å². The predicted octanol–water partition coefficient (Wildman–Crippen LogP) is 1.71. The number of hydrogen-bond acceptors (Lipinski definition) is 3. The van der Waals surface area contributed by atoms with Crippen molar-refractivity contribution in [3.8, 4) is 5.75 Å². The van der Waals surface area contributed by atoms with E-state index >= 15 is 0 Å². The molecule has 0 aliphatic heterocycles. The van der Waals surface area contributed by atoms with Gasteiger partial charge in [-0.1, -0.05) is 0 Å². The topological polar surface area (TPSA) is 71.7 Å². The zero-order chi connectivity index (χ0) is 12.0. The van der Waals surface area contributed by atoms with Crippen molar-refractivity contribution in [2.24, 2.45) is 10.8 Å². The van der Waals surface area contributed by atoms with Crippen LogP contribution in [0.5, 0.6) is 5.75 Å². The Hall–Kier alpha value is -1.27. The van der Waals surface area contributed by atoms with Crippen molar-refractivity contribution in [3.63, 3.8) is 0 Å². The molecule has 88 valence electrons. The number of nitrogens with zero attached hydrogens (tertiary/aromatic N) is 1. The number of benzene rings is 1. The standard InChI is InChI=1S/C10H15BrN4O/c1-3-13-10(15-12)14-7-4-5-9(16-2)8(11)6-7/h4-6H,3,12H2,1-2H3,(H2,13,14,15). The zero-order valence-corrected chi connectivity index (χ0v) is 10.8. The fraction of sp³-hybridized carbons (Fsp3) is 0.300. The second-order valence-corrected chi connectivity index (χ2v) is 3.80. The molecule has 0 atom stereocenters. The Bertz CT molecular complexity index is 381. The molecule has 1 aromatic carbocycles. The molecule has 0 unspecified atom stereocenters. The lowest BCUT2D eigenvalue weighted by molar-refractivity contribution is 0.412. The summed E-state index contributed by atoms with van der Waals surface area (Å²) in [6.07, 6.45) is 0. The van der Waals surface area contributed by atoms with Gasteiger partial charge in [0.1, 0.15) is 5.75 Å². The quantitative estimate of drug-likeness (QED) is 0.342. The Morgan fingerprint density at radius 3 is 2.81 bits per heavy atom. The number of nitrogens with two attached hydrogens (primary N) is 1. The summed E-state index contributed by atoms with van der Waals surface area (Å²) in [5, 5.41) is 3.05. The molecule has 0 aromatic heterocycles. The van der Waals surface area contributed by atoms with Crippen LogP contribution >= 0.6 is 15.9 Å². The van der Waals surface area contributed by atoms with E-state index in [4.69, 9.17) is 10.6 Å². The third kappa shape index (κ3) is 3.39. The van der Waals surface area contributed by atoms with Crippen LogP contribution in [-0.2, 0) is 0 Å². The first-order chi connectivity index (χ1) is 7.71. The summed E-state index contributed by atoms with van der Waals surface area (Å²) >= 11 is 3.40. The van der Waals surface area contributed by atoms with Gasteiger partial charge >= 0.3 is 0 Å². The molecule has 4 N–H and O–H groups in total. The van der Waals surface area contributed by atoms with E-state index in [-0.39, 0.29) is 0 Å². The van der Waals surface area contributed by atoms with E-state index in [0.29, 0.717) is 12.5 Å². The molecule has 0 aliphatic rings. The molecule has 0 saturated heterocycles. The summed E-state index contributed by atoms with van der Waals surface area (Å²) in [5.74, 6) is 6.63. The molecule has 0 aliphatic carbocycles. The molecule has 6 heteroatoms. The lowest BCUT2D eigenvalue weighted by Crippen LogP contribution is -2.36. The minimum absolute atomic E-state index is 0.527. The van der Waals surface area contributed by atoms with Crippen LogP contribution in [0.1, 0.15) is 6.92 Å². The van der Waals surface area contributed by atoms with E-state index < -0.39 is 0 Å². The molecule has 16 heavy (non-hydrogen) atoms. The second-order valence-electron chi connectivity index (χ2n) is 2.94. The predicted molar refractivity (Wildman–Crippen MR) is 69.6 cm³/mol. The third-order valence-corrected chi connectivity index (χ3v) is 2.49. The SMILES string of the molecule is CCN=C(NN)Nc1ccc(OC)c(Br)c1. The monoisotopic (exact) mass is 286 g/mol. The molecule has 5 nitrogen and oxygen atoms in total. The number of rotatable bonds is 3. The first kappa shape index (κ1) is 12.8. The Morgan fingerprint density at radius 2 is 2.31 bits per heavy atom. The Morgan fingerprint density at radius 1 is 1.56 bits per heavy atom. The number of ether oxygens (including phenoxy) is 1. The molecule has 0 saturated carbocycles. The molecule has 0 amide bonds. The first-order valence-corrected chi connectivity index (χ1v) is 5.62. The zero-order valence-electron chi connectivity index (χ0n) is 9.25. The molecule has 0 fully saturated rings. The average Bonchev–Trinajstić information content (AvgIpc) is 2.28. The van der Waals surface area contributed by atoms with Crippen molar-refractivity contribution in [3.05, 3.63) is 22.7 Å². The molecule has 1 aromatic rings. The molecule has 0 heterocycles. The Kier molecular flexibility index (Phi) is 5.07. The number of aliphatic imine (C=N–C) groups is 1. The third-order valence-electron chi connectivity index (χ3n) is 1.87. The molecule has 0 spiro atoms. The van der Waals surface area contributed by atoms with E-state index in [9.17, 15) is 0 Å². The van der Waals surface area contributed by atoms with Gasteiger partial charge in [0.05, 0.1) is 11.6 Å². The largest absolute Gasteiger partial charge is 0.496 e. The van der Waals surface area contributed by atoms with Gasteiger partial charge in [0.15, 0.2) is 0 Å². The van der Waals surface area contributed by atoms with Gasteiger partial charge in [0.25, 0.3) is 0 Å². The summed E-state index contributed by atoms with van der Waals surface area (Å²) in [6, 6.07) is 5.62. The molecular formula is C10H15BrN4O. The average molecular weight is 287 g/mol. The number of hydrazine groups is 1. The Labute approximate surface area is 103 Å². The van der Waals surface area contributed by atoms with Gasteiger partial charge in [-0.3, -0.25) is 10.4 Å². The maximum Gasteiger partial charge on any atom is 0.210 e. The number of anilines is 1. The second kappa shape index (κ2) is 6.34. The van der Waals surface area contributed by atoms with Crippen molar-refractivity contribution in [2.45, 2.75) is 6.92 Å². The van der Waals surface area contributed by atoms with Gasteiger partial charge in [-0.05, 0) is 41.1 Å². The normalized spacial score (nSPS) is 11.1. The van der Waals surface area contributed by atoms with Gasteiger partial charge < -0.3 is 10.1 Å². The maximum absolute atomic E-state index is 5.32. The maximum atomic E-state index is 5.32. The van der Waals surface area contributed by atoms with Gasteiger partial charge in [-0.25, -0.2) is 5.84 Å². The highest BCUT2D eigenvalue weighted by atomic mass is 79.9. The summed E-state index contributed by atoms with van der Waals surface area (Å²) < 4.78 is 6.00. The highest BCUT2D eigenvalue weighted by Crippen LogP contribution is 2.27. The lowest BCUT2D eigenvalue weighted by atomic mass is 10.3. The fourth-order valence-corrected chi connectivity index (χ4v) is 1.70. The lowest BCUT2D eigenvalue weighted by Gasteiger charge is -2.10. The van der Waals surface area contributed by atoms with Gasteiger partial charge in [-0.15, -0.1) is 0 Å². The van der Waals surface area contributed by atoms with Crippen LogP contribution in [0.15, 0.2) is 27.7 Å². The van der Waals surface area contributed by atoms with Gasteiger partial charge in [0.2, 0.25) is 5.96 Å². The smallest absolute Gasteiger partial charge is 0.210 e. The highest BCUT2D eigenvalue weighted by Gasteiger charge is 2.02. The van der Waals surface area contributed by atoms with E-state index in [1.807, 2.05) is 25.1 Å². The summed E-state index contributed by atoms with van der Waals surface area (Å²) in [6.45, 7) is 2.59. The van der Waals surface area contributed by atoms with Crippen molar-refractivity contribution in [1.29, 1.82) is 0 Å². The molecular weight excluding hydrogens is 272 g/mol. The van der Waals surface area contributed by atoms with Crippen LogP contribution in [0.4, 0.5) is 5.69 Å². The van der Waals surface area contributed by atoms with Crippen LogP contribution in [0.3, 0.4) is 0 Å². The summed E-state index contributed by atoms with van der Waals surface area (Å²) in [5.41, 5.74) is 3.36. The molecule has 1 rings (SSSR count). The number of guanidine groups is 1. The highest BCUT2D eigenvalue weighted by molar-refractivity contribution is 9.10. The van der Waals surface area contributed by atoms with Crippen molar-refractivity contribution >= 4 is 27.6 Å². The van der Waals surface area contributed by atoms with E-state index in [1.165, 1.54) is 0 Å². The number of nitrogens with one attached hydrogen (secondary N) is 2. The van der Waals surface area contributed by atoms with Crippen LogP contribution in [0, 0.1) is 0 Å². The fourth-order valence-electron chi connectivity index (χ4n) is 1.16. The van der Waals surface area contributed by atoms with Crippen LogP contribution in [0.25, 0.3) is 0 Å². The van der Waals surface area contributed by atoms with Crippen molar-refractivity contribution < 1.29 is 4.74 Å². The summed E-state index contributed by atoms with van der Waals surface area (Å²) in [7, 11) is 1.62.